The molecule has 0 atom stereocenters. The topological polar surface area (TPSA) is 97.2 Å². The van der Waals surface area contributed by atoms with Gasteiger partial charge in [0.05, 0.1) is 10.5 Å². The molecule has 0 unspecified atom stereocenters. The molecule has 1 heterocycles. The van der Waals surface area contributed by atoms with Gasteiger partial charge in [0.1, 0.15) is 5.69 Å². The first-order valence-electron chi connectivity index (χ1n) is 6.44. The maximum absolute atomic E-state index is 11.9. The lowest BCUT2D eigenvalue weighted by Gasteiger charge is -2.08. The van der Waals surface area contributed by atoms with E-state index in [1.54, 1.807) is 30.5 Å². The number of nitrogens with one attached hydrogen (secondary N) is 2. The van der Waals surface area contributed by atoms with Crippen LogP contribution in [0, 0.1) is 10.1 Å². The van der Waals surface area contributed by atoms with Gasteiger partial charge < -0.3 is 10.6 Å². The van der Waals surface area contributed by atoms with E-state index in [1.165, 1.54) is 12.3 Å². The maximum atomic E-state index is 11.9. The molecular formula is C14H13BrN4O3. The summed E-state index contributed by atoms with van der Waals surface area (Å²) in [6.45, 7) is 0.704. The second-order valence-corrected chi connectivity index (χ2v) is 5.26. The molecule has 2 rings (SSSR count). The number of carbonyl (C=O) groups excluding carboxylic acids is 1. The smallest absolute Gasteiger partial charge is 0.292 e. The molecule has 0 saturated heterocycles. The Balaban J connectivity index is 1.85. The number of para-hydroxylation sites is 2. The van der Waals surface area contributed by atoms with Crippen molar-refractivity contribution in [2.75, 3.05) is 18.4 Å². The Morgan fingerprint density at radius 2 is 2.05 bits per heavy atom. The van der Waals surface area contributed by atoms with Crippen LogP contribution in [0.3, 0.4) is 0 Å². The lowest BCUT2D eigenvalue weighted by Crippen LogP contribution is -2.28. The Morgan fingerprint density at radius 1 is 1.27 bits per heavy atom. The van der Waals surface area contributed by atoms with Gasteiger partial charge in [-0.15, -0.1) is 0 Å². The number of hydrogen-bond acceptors (Lipinski definition) is 5. The Labute approximate surface area is 135 Å². The quantitative estimate of drug-likeness (QED) is 0.466. The van der Waals surface area contributed by atoms with Gasteiger partial charge >= 0.3 is 0 Å². The second kappa shape index (κ2) is 7.51. The molecule has 0 bridgehead atoms. The van der Waals surface area contributed by atoms with Crippen LogP contribution in [-0.2, 0) is 0 Å². The minimum Gasteiger partial charge on any atom is -0.378 e. The number of rotatable bonds is 6. The molecule has 22 heavy (non-hydrogen) atoms. The van der Waals surface area contributed by atoms with Crippen molar-refractivity contribution in [2.45, 2.75) is 0 Å². The number of hydrogen-bond donors (Lipinski definition) is 2. The summed E-state index contributed by atoms with van der Waals surface area (Å²) in [6, 6.07) is 8.02. The van der Waals surface area contributed by atoms with E-state index < -0.39 is 4.92 Å². The van der Waals surface area contributed by atoms with E-state index in [-0.39, 0.29) is 11.6 Å². The molecule has 8 heteroatoms. The first kappa shape index (κ1) is 15.9. The summed E-state index contributed by atoms with van der Waals surface area (Å²) >= 11 is 3.25. The number of pyridine rings is 1. The van der Waals surface area contributed by atoms with Crippen LogP contribution in [-0.4, -0.2) is 28.9 Å². The van der Waals surface area contributed by atoms with Crippen LogP contribution in [0.2, 0.25) is 0 Å². The molecule has 0 radical (unpaired) electrons. The SMILES string of the molecule is O=C(NCCNc1ccccc1[N+](=O)[O-])c1cncc(Br)c1. The zero-order valence-electron chi connectivity index (χ0n) is 11.5. The number of carbonyl (C=O) groups is 1. The van der Waals surface area contributed by atoms with E-state index in [9.17, 15) is 14.9 Å². The third-order valence-corrected chi connectivity index (χ3v) is 3.23. The Morgan fingerprint density at radius 3 is 2.77 bits per heavy atom. The predicted octanol–water partition coefficient (Wildman–Crippen LogP) is 2.59. The van der Waals surface area contributed by atoms with E-state index in [0.29, 0.717) is 24.3 Å². The van der Waals surface area contributed by atoms with Gasteiger partial charge in [0.25, 0.3) is 11.6 Å². The van der Waals surface area contributed by atoms with Crippen molar-refractivity contribution in [3.63, 3.8) is 0 Å². The van der Waals surface area contributed by atoms with Crippen LogP contribution >= 0.6 is 15.9 Å². The van der Waals surface area contributed by atoms with E-state index in [1.807, 2.05) is 0 Å². The normalized spacial score (nSPS) is 10.0. The molecule has 1 aromatic heterocycles. The van der Waals surface area contributed by atoms with E-state index >= 15 is 0 Å². The molecule has 0 aliphatic carbocycles. The number of anilines is 1. The molecule has 0 saturated carbocycles. The van der Waals surface area contributed by atoms with Gasteiger partial charge in [-0.1, -0.05) is 12.1 Å². The van der Waals surface area contributed by atoms with Crippen LogP contribution < -0.4 is 10.6 Å². The summed E-state index contributed by atoms with van der Waals surface area (Å²) in [7, 11) is 0. The van der Waals surface area contributed by atoms with Gasteiger partial charge in [0, 0.05) is 36.0 Å². The second-order valence-electron chi connectivity index (χ2n) is 4.35. The molecule has 1 amide bonds. The summed E-state index contributed by atoms with van der Waals surface area (Å²) in [5, 5.41) is 16.5. The number of aromatic nitrogens is 1. The maximum Gasteiger partial charge on any atom is 0.292 e. The van der Waals surface area contributed by atoms with E-state index in [0.717, 1.165) is 4.47 Å². The van der Waals surface area contributed by atoms with Gasteiger partial charge in [-0.3, -0.25) is 19.9 Å². The molecule has 2 aromatic rings. The van der Waals surface area contributed by atoms with Crippen LogP contribution in [0.4, 0.5) is 11.4 Å². The molecule has 0 fully saturated rings. The Bertz CT molecular complexity index is 693. The number of nitro benzene ring substituents is 1. The fourth-order valence-corrected chi connectivity index (χ4v) is 2.16. The third kappa shape index (κ3) is 4.26. The first-order chi connectivity index (χ1) is 10.6. The number of benzene rings is 1. The van der Waals surface area contributed by atoms with Gasteiger partial charge in [-0.25, -0.2) is 0 Å². The van der Waals surface area contributed by atoms with Crippen molar-refractivity contribution < 1.29 is 9.72 Å². The lowest BCUT2D eigenvalue weighted by atomic mass is 10.2. The Kier molecular flexibility index (Phi) is 5.42. The van der Waals surface area contributed by atoms with Crippen molar-refractivity contribution >= 4 is 33.2 Å². The zero-order chi connectivity index (χ0) is 15.9. The summed E-state index contributed by atoms with van der Waals surface area (Å²) in [5.74, 6) is -0.252. The summed E-state index contributed by atoms with van der Waals surface area (Å²) in [6.07, 6.45) is 3.06. The highest BCUT2D eigenvalue weighted by Crippen LogP contribution is 2.22. The van der Waals surface area contributed by atoms with Crippen molar-refractivity contribution in [1.82, 2.24) is 10.3 Å². The van der Waals surface area contributed by atoms with Crippen molar-refractivity contribution in [2.24, 2.45) is 0 Å². The van der Waals surface area contributed by atoms with Crippen molar-refractivity contribution in [3.05, 3.63) is 62.9 Å². The van der Waals surface area contributed by atoms with Crippen LogP contribution in [0.15, 0.2) is 47.2 Å². The first-order valence-corrected chi connectivity index (χ1v) is 7.23. The third-order valence-electron chi connectivity index (χ3n) is 2.79. The molecule has 0 aliphatic rings. The summed E-state index contributed by atoms with van der Waals surface area (Å²) in [4.78, 5) is 26.2. The van der Waals surface area contributed by atoms with Gasteiger partial charge in [0.2, 0.25) is 0 Å². The lowest BCUT2D eigenvalue weighted by molar-refractivity contribution is -0.384. The fourth-order valence-electron chi connectivity index (χ4n) is 1.79. The van der Waals surface area contributed by atoms with Crippen LogP contribution in [0.5, 0.6) is 0 Å². The predicted molar refractivity (Wildman–Crippen MR) is 85.9 cm³/mol. The number of amides is 1. The minimum atomic E-state index is -0.450. The standard InChI is InChI=1S/C14H13BrN4O3/c15-11-7-10(8-16-9-11)14(20)18-6-5-17-12-3-1-2-4-13(12)19(21)22/h1-4,7-9,17H,5-6H2,(H,18,20). The molecular weight excluding hydrogens is 352 g/mol. The van der Waals surface area contributed by atoms with Gasteiger partial charge in [-0.2, -0.15) is 0 Å². The van der Waals surface area contributed by atoms with Crippen LogP contribution in [0.1, 0.15) is 10.4 Å². The van der Waals surface area contributed by atoms with E-state index in [2.05, 4.69) is 31.5 Å². The highest BCUT2D eigenvalue weighted by Gasteiger charge is 2.11. The molecule has 7 nitrogen and oxygen atoms in total. The van der Waals surface area contributed by atoms with Crippen LogP contribution in [0.25, 0.3) is 0 Å². The van der Waals surface area contributed by atoms with E-state index in [4.69, 9.17) is 0 Å². The summed E-state index contributed by atoms with van der Waals surface area (Å²) in [5.41, 5.74) is 0.871. The highest BCUT2D eigenvalue weighted by molar-refractivity contribution is 9.10. The minimum absolute atomic E-state index is 0.00464. The molecule has 1 aromatic carbocycles. The zero-order valence-corrected chi connectivity index (χ0v) is 13.0. The average Bonchev–Trinajstić information content (AvgIpc) is 2.51. The number of nitro groups is 1. The number of nitrogens with zero attached hydrogens (tertiary/aromatic N) is 2. The van der Waals surface area contributed by atoms with Gasteiger partial charge in [-0.05, 0) is 28.1 Å². The van der Waals surface area contributed by atoms with Crippen molar-refractivity contribution in [3.8, 4) is 0 Å². The summed E-state index contributed by atoms with van der Waals surface area (Å²) < 4.78 is 0.721. The monoisotopic (exact) mass is 364 g/mol. The largest absolute Gasteiger partial charge is 0.378 e. The number of halogens is 1. The highest BCUT2D eigenvalue weighted by atomic mass is 79.9. The molecule has 2 N–H and O–H groups in total. The van der Waals surface area contributed by atoms with Gasteiger partial charge in [0.15, 0.2) is 0 Å². The van der Waals surface area contributed by atoms with Crippen molar-refractivity contribution in [1.29, 1.82) is 0 Å². The molecule has 114 valence electrons. The Hall–Kier alpha value is -2.48. The fraction of sp³-hybridized carbons (Fsp3) is 0.143. The molecule has 0 spiro atoms. The average molecular weight is 365 g/mol. The molecule has 0 aliphatic heterocycles.